The molecule has 1 fully saturated rings. The molecule has 0 saturated heterocycles. The number of carbonyl (C=O) groups is 1. The number of hydrogen-bond donors (Lipinski definition) is 2. The molecular weight excluding hydrogens is 228 g/mol. The molecular formula is C13H20N4O. The van der Waals surface area contributed by atoms with E-state index in [0.29, 0.717) is 5.95 Å². The van der Waals surface area contributed by atoms with Crippen LogP contribution in [0.5, 0.6) is 0 Å². The van der Waals surface area contributed by atoms with Gasteiger partial charge in [-0.1, -0.05) is 6.42 Å². The molecule has 5 heteroatoms. The third-order valence-electron chi connectivity index (χ3n) is 3.30. The Hall–Kier alpha value is -1.49. The maximum absolute atomic E-state index is 12.1. The van der Waals surface area contributed by atoms with Crippen molar-refractivity contribution in [1.29, 1.82) is 0 Å². The second-order valence-electron chi connectivity index (χ2n) is 5.09. The van der Waals surface area contributed by atoms with Gasteiger partial charge in [0.25, 0.3) is 0 Å². The number of carbonyl (C=O) groups excluding carboxylic acids is 1. The van der Waals surface area contributed by atoms with E-state index in [4.69, 9.17) is 5.73 Å². The van der Waals surface area contributed by atoms with Crippen LogP contribution in [0.2, 0.25) is 0 Å². The van der Waals surface area contributed by atoms with Crippen molar-refractivity contribution in [2.45, 2.75) is 45.6 Å². The summed E-state index contributed by atoms with van der Waals surface area (Å²) in [4.78, 5) is 20.5. The van der Waals surface area contributed by atoms with Crippen LogP contribution in [0.25, 0.3) is 0 Å². The Kier molecular flexibility index (Phi) is 3.91. The van der Waals surface area contributed by atoms with E-state index < -0.39 is 0 Å². The lowest BCUT2D eigenvalue weighted by Crippen LogP contribution is -2.34. The first-order valence-corrected chi connectivity index (χ1v) is 6.43. The van der Waals surface area contributed by atoms with Crippen LogP contribution in [0.4, 0.5) is 5.95 Å². The highest BCUT2D eigenvalue weighted by molar-refractivity contribution is 5.91. The van der Waals surface area contributed by atoms with E-state index in [0.717, 1.165) is 37.1 Å². The summed E-state index contributed by atoms with van der Waals surface area (Å²) in [5.74, 6) is 0.393. The van der Waals surface area contributed by atoms with Crippen molar-refractivity contribution in [3.05, 3.63) is 17.5 Å². The fourth-order valence-corrected chi connectivity index (χ4v) is 2.46. The fraction of sp³-hybridized carbons (Fsp3) is 0.615. The molecule has 1 saturated carbocycles. The summed E-state index contributed by atoms with van der Waals surface area (Å²) < 4.78 is 0. The highest BCUT2D eigenvalue weighted by Crippen LogP contribution is 2.24. The molecule has 98 valence electrons. The normalized spacial score (nSPS) is 23.7. The van der Waals surface area contributed by atoms with Crippen molar-refractivity contribution < 1.29 is 4.79 Å². The first-order chi connectivity index (χ1) is 8.54. The molecule has 5 nitrogen and oxygen atoms in total. The first-order valence-electron chi connectivity index (χ1n) is 6.43. The van der Waals surface area contributed by atoms with Crippen molar-refractivity contribution in [2.75, 3.05) is 5.32 Å². The molecule has 0 aromatic carbocycles. The zero-order valence-corrected chi connectivity index (χ0v) is 10.9. The van der Waals surface area contributed by atoms with Gasteiger partial charge in [0.15, 0.2) is 0 Å². The second-order valence-corrected chi connectivity index (χ2v) is 5.09. The van der Waals surface area contributed by atoms with Gasteiger partial charge >= 0.3 is 0 Å². The predicted molar refractivity (Wildman–Crippen MR) is 70.1 cm³/mol. The molecule has 0 bridgehead atoms. The topological polar surface area (TPSA) is 80.9 Å². The molecule has 2 unspecified atom stereocenters. The summed E-state index contributed by atoms with van der Waals surface area (Å²) in [6.45, 7) is 3.78. The number of aryl methyl sites for hydroxylation is 2. The average molecular weight is 248 g/mol. The molecule has 1 aromatic heterocycles. The lowest BCUT2D eigenvalue weighted by Gasteiger charge is -2.25. The zero-order chi connectivity index (χ0) is 13.1. The monoisotopic (exact) mass is 248 g/mol. The van der Waals surface area contributed by atoms with Crippen LogP contribution in [-0.4, -0.2) is 21.9 Å². The van der Waals surface area contributed by atoms with E-state index in [-0.39, 0.29) is 17.9 Å². The number of rotatable bonds is 2. The van der Waals surface area contributed by atoms with Crippen LogP contribution in [0.1, 0.15) is 37.1 Å². The third-order valence-corrected chi connectivity index (χ3v) is 3.30. The van der Waals surface area contributed by atoms with E-state index >= 15 is 0 Å². The molecule has 3 N–H and O–H groups in total. The highest BCUT2D eigenvalue weighted by Gasteiger charge is 2.25. The van der Waals surface area contributed by atoms with Gasteiger partial charge in [-0.25, -0.2) is 9.97 Å². The van der Waals surface area contributed by atoms with Crippen molar-refractivity contribution >= 4 is 11.9 Å². The Morgan fingerprint density at radius 2 is 2.00 bits per heavy atom. The van der Waals surface area contributed by atoms with Gasteiger partial charge in [-0.2, -0.15) is 0 Å². The average Bonchev–Trinajstić information content (AvgIpc) is 2.27. The summed E-state index contributed by atoms with van der Waals surface area (Å²) in [5.41, 5.74) is 7.61. The van der Waals surface area contributed by atoms with Gasteiger partial charge < -0.3 is 5.73 Å². The number of nitrogens with zero attached hydrogens (tertiary/aromatic N) is 2. The SMILES string of the molecule is Cc1cc(C)nc(NC(=O)C2CCCC(N)C2)n1. The minimum atomic E-state index is -0.00449. The fourth-order valence-electron chi connectivity index (χ4n) is 2.46. The van der Waals surface area contributed by atoms with Gasteiger partial charge in [0, 0.05) is 23.3 Å². The first kappa shape index (κ1) is 13.0. The molecule has 2 rings (SSSR count). The standard InChI is InChI=1S/C13H20N4O/c1-8-6-9(2)16-13(15-8)17-12(18)10-4-3-5-11(14)7-10/h6,10-11H,3-5,7,14H2,1-2H3,(H,15,16,17,18). The molecule has 1 aliphatic carbocycles. The van der Waals surface area contributed by atoms with E-state index in [1.54, 1.807) is 0 Å². The van der Waals surface area contributed by atoms with Gasteiger partial charge in [0.2, 0.25) is 11.9 Å². The molecule has 1 aromatic rings. The summed E-state index contributed by atoms with van der Waals surface area (Å²) in [6, 6.07) is 2.03. The van der Waals surface area contributed by atoms with Gasteiger partial charge in [-0.05, 0) is 39.2 Å². The number of nitrogens with two attached hydrogens (primary N) is 1. The van der Waals surface area contributed by atoms with Crippen LogP contribution < -0.4 is 11.1 Å². The van der Waals surface area contributed by atoms with Crippen LogP contribution in [0, 0.1) is 19.8 Å². The lowest BCUT2D eigenvalue weighted by atomic mass is 9.85. The summed E-state index contributed by atoms with van der Waals surface area (Å²) in [6.07, 6.45) is 3.71. The lowest BCUT2D eigenvalue weighted by molar-refractivity contribution is -0.120. The van der Waals surface area contributed by atoms with Crippen molar-refractivity contribution in [3.8, 4) is 0 Å². The third kappa shape index (κ3) is 3.26. The Morgan fingerprint density at radius 1 is 1.33 bits per heavy atom. The Labute approximate surface area is 107 Å². The number of nitrogens with one attached hydrogen (secondary N) is 1. The van der Waals surface area contributed by atoms with E-state index in [1.165, 1.54) is 0 Å². The highest BCUT2D eigenvalue weighted by atomic mass is 16.2. The van der Waals surface area contributed by atoms with Crippen LogP contribution in [-0.2, 0) is 4.79 Å². The molecule has 1 heterocycles. The zero-order valence-electron chi connectivity index (χ0n) is 10.9. The van der Waals surface area contributed by atoms with Crippen molar-refractivity contribution in [3.63, 3.8) is 0 Å². The molecule has 1 aliphatic rings. The van der Waals surface area contributed by atoms with Gasteiger partial charge in [-0.15, -0.1) is 0 Å². The number of aromatic nitrogens is 2. The van der Waals surface area contributed by atoms with Gasteiger partial charge in [-0.3, -0.25) is 10.1 Å². The number of amides is 1. The largest absolute Gasteiger partial charge is 0.328 e. The predicted octanol–water partition coefficient (Wildman–Crippen LogP) is 1.55. The molecule has 0 aliphatic heterocycles. The van der Waals surface area contributed by atoms with E-state index in [2.05, 4.69) is 15.3 Å². The maximum atomic E-state index is 12.1. The second kappa shape index (κ2) is 5.44. The van der Waals surface area contributed by atoms with Gasteiger partial charge in [0.05, 0.1) is 0 Å². The minimum Gasteiger partial charge on any atom is -0.328 e. The summed E-state index contributed by atoms with van der Waals surface area (Å²) in [7, 11) is 0. The smallest absolute Gasteiger partial charge is 0.229 e. The summed E-state index contributed by atoms with van der Waals surface area (Å²) >= 11 is 0. The van der Waals surface area contributed by atoms with E-state index in [9.17, 15) is 4.79 Å². The molecule has 1 amide bonds. The molecule has 0 spiro atoms. The maximum Gasteiger partial charge on any atom is 0.229 e. The Balaban J connectivity index is 2.02. The van der Waals surface area contributed by atoms with Crippen LogP contribution in [0.3, 0.4) is 0 Å². The van der Waals surface area contributed by atoms with E-state index in [1.807, 2.05) is 19.9 Å². The Morgan fingerprint density at radius 3 is 2.61 bits per heavy atom. The van der Waals surface area contributed by atoms with Gasteiger partial charge in [0.1, 0.15) is 0 Å². The quantitative estimate of drug-likeness (QED) is 0.832. The number of anilines is 1. The summed E-state index contributed by atoms with van der Waals surface area (Å²) in [5, 5.41) is 2.80. The van der Waals surface area contributed by atoms with Crippen LogP contribution in [0.15, 0.2) is 6.07 Å². The minimum absolute atomic E-state index is 0.00170. The molecule has 18 heavy (non-hydrogen) atoms. The van der Waals surface area contributed by atoms with Crippen LogP contribution >= 0.6 is 0 Å². The number of hydrogen-bond acceptors (Lipinski definition) is 4. The Bertz CT molecular complexity index is 426. The van der Waals surface area contributed by atoms with Crippen molar-refractivity contribution in [1.82, 2.24) is 9.97 Å². The molecule has 0 radical (unpaired) electrons. The molecule has 2 atom stereocenters. The van der Waals surface area contributed by atoms with Crippen molar-refractivity contribution in [2.24, 2.45) is 11.7 Å².